The number of nitrogens with one attached hydrogen (secondary N) is 1. The van der Waals surface area contributed by atoms with Crippen LogP contribution < -0.4 is 16.6 Å². The normalized spacial score (nSPS) is 11.5. The van der Waals surface area contributed by atoms with Crippen molar-refractivity contribution in [3.63, 3.8) is 0 Å². The molecule has 0 radical (unpaired) electrons. The van der Waals surface area contributed by atoms with E-state index in [1.165, 1.54) is 17.9 Å². The topological polar surface area (TPSA) is 117 Å². The maximum absolute atomic E-state index is 12.5. The third-order valence-electron chi connectivity index (χ3n) is 5.65. The molecule has 0 saturated carbocycles. The Morgan fingerprint density at radius 2 is 1.94 bits per heavy atom. The minimum Gasteiger partial charge on any atom is -0.457 e. The Morgan fingerprint density at radius 3 is 2.76 bits per heavy atom. The van der Waals surface area contributed by atoms with Gasteiger partial charge in [-0.15, -0.1) is 11.3 Å². The molecule has 1 aromatic carbocycles. The number of imidazole rings is 1. The predicted octanol–water partition coefficient (Wildman–Crippen LogP) is 2.40. The van der Waals surface area contributed by atoms with Gasteiger partial charge in [0.05, 0.1) is 23.1 Å². The maximum atomic E-state index is 12.5. The molecule has 1 N–H and O–H groups in total. The number of thiazole rings is 1. The molecule has 0 atom stereocenters. The number of aromatic nitrogens is 5. The highest BCUT2D eigenvalue weighted by Crippen LogP contribution is 2.31. The summed E-state index contributed by atoms with van der Waals surface area (Å²) >= 11 is 1.56. The molecule has 10 nitrogen and oxygen atoms in total. The quantitative estimate of drug-likeness (QED) is 0.384. The van der Waals surface area contributed by atoms with Gasteiger partial charge in [-0.2, -0.15) is 0 Å². The van der Waals surface area contributed by atoms with Crippen molar-refractivity contribution in [3.05, 3.63) is 69.3 Å². The fourth-order valence-electron chi connectivity index (χ4n) is 3.82. The zero-order valence-corrected chi connectivity index (χ0v) is 19.5. The highest BCUT2D eigenvalue weighted by atomic mass is 32.1. The Kier molecular flexibility index (Phi) is 5.62. The van der Waals surface area contributed by atoms with Crippen molar-refractivity contribution in [3.8, 4) is 10.8 Å². The molecule has 5 aromatic rings. The van der Waals surface area contributed by atoms with E-state index in [1.54, 1.807) is 23.0 Å². The van der Waals surface area contributed by atoms with E-state index in [-0.39, 0.29) is 18.9 Å². The van der Waals surface area contributed by atoms with Crippen LogP contribution in [0.2, 0.25) is 0 Å². The molecule has 0 aliphatic rings. The maximum Gasteiger partial charge on any atom is 0.332 e. The SMILES string of the molecule is Cn1c(=O)c2c(ncn2CCCC(=O)NCc2ccc(-c3nc4ccccc4s3)o2)n(C)c1=O. The van der Waals surface area contributed by atoms with E-state index in [2.05, 4.69) is 15.3 Å². The molecule has 11 heteroatoms. The van der Waals surface area contributed by atoms with Crippen molar-refractivity contribution in [1.29, 1.82) is 0 Å². The van der Waals surface area contributed by atoms with E-state index < -0.39 is 11.2 Å². The fraction of sp³-hybridized carbons (Fsp3) is 0.261. The number of nitrogens with zero attached hydrogens (tertiary/aromatic N) is 5. The van der Waals surface area contributed by atoms with Gasteiger partial charge in [0, 0.05) is 27.1 Å². The number of hydrogen-bond acceptors (Lipinski definition) is 7. The number of rotatable bonds is 7. The number of para-hydroxylation sites is 1. The lowest BCUT2D eigenvalue weighted by Gasteiger charge is -2.07. The van der Waals surface area contributed by atoms with E-state index in [0.29, 0.717) is 35.6 Å². The number of hydrogen-bond donors (Lipinski definition) is 1. The van der Waals surface area contributed by atoms with E-state index in [9.17, 15) is 14.4 Å². The lowest BCUT2D eigenvalue weighted by atomic mass is 10.3. The Hall–Kier alpha value is -3.99. The third kappa shape index (κ3) is 3.94. The molecule has 174 valence electrons. The van der Waals surface area contributed by atoms with E-state index in [0.717, 1.165) is 19.8 Å². The summed E-state index contributed by atoms with van der Waals surface area (Å²) in [6.45, 7) is 0.709. The molecule has 0 spiro atoms. The van der Waals surface area contributed by atoms with Crippen LogP contribution in [0.1, 0.15) is 18.6 Å². The molecular weight excluding hydrogens is 456 g/mol. The molecular formula is C23H22N6O4S. The van der Waals surface area contributed by atoms with Gasteiger partial charge >= 0.3 is 5.69 Å². The molecule has 0 aliphatic carbocycles. The zero-order valence-electron chi connectivity index (χ0n) is 18.6. The van der Waals surface area contributed by atoms with Crippen LogP contribution in [0.5, 0.6) is 0 Å². The monoisotopic (exact) mass is 478 g/mol. The molecule has 1 amide bonds. The van der Waals surface area contributed by atoms with Crippen LogP contribution in [-0.4, -0.2) is 29.6 Å². The van der Waals surface area contributed by atoms with Crippen LogP contribution in [0, 0.1) is 0 Å². The summed E-state index contributed by atoms with van der Waals surface area (Å²) in [5, 5.41) is 3.66. The number of furan rings is 1. The van der Waals surface area contributed by atoms with Crippen molar-refractivity contribution >= 4 is 38.6 Å². The van der Waals surface area contributed by atoms with E-state index in [4.69, 9.17) is 4.42 Å². The summed E-state index contributed by atoms with van der Waals surface area (Å²) in [7, 11) is 3.01. The van der Waals surface area contributed by atoms with Crippen molar-refractivity contribution in [2.75, 3.05) is 0 Å². The molecule has 34 heavy (non-hydrogen) atoms. The number of benzene rings is 1. The van der Waals surface area contributed by atoms with Gasteiger partial charge in [-0.05, 0) is 30.7 Å². The van der Waals surface area contributed by atoms with Gasteiger partial charge in [-0.1, -0.05) is 12.1 Å². The number of carbonyl (C=O) groups excluding carboxylic acids is 1. The molecule has 0 fully saturated rings. The molecule has 0 saturated heterocycles. The van der Waals surface area contributed by atoms with Crippen LogP contribution >= 0.6 is 11.3 Å². The number of amides is 1. The lowest BCUT2D eigenvalue weighted by molar-refractivity contribution is -0.121. The van der Waals surface area contributed by atoms with Crippen molar-refractivity contribution in [1.82, 2.24) is 29.0 Å². The molecule has 5 rings (SSSR count). The second-order valence-electron chi connectivity index (χ2n) is 7.95. The minimum atomic E-state index is -0.425. The first-order valence-electron chi connectivity index (χ1n) is 10.7. The molecule has 0 aliphatic heterocycles. The molecule has 4 aromatic heterocycles. The first kappa shape index (κ1) is 21.8. The van der Waals surface area contributed by atoms with Crippen molar-refractivity contribution in [2.45, 2.75) is 25.9 Å². The zero-order chi connectivity index (χ0) is 23.8. The summed E-state index contributed by atoms with van der Waals surface area (Å²) in [6.07, 6.45) is 2.31. The van der Waals surface area contributed by atoms with Gasteiger partial charge in [-0.25, -0.2) is 14.8 Å². The second kappa shape index (κ2) is 8.75. The first-order chi connectivity index (χ1) is 16.4. The standard InChI is InChI=1S/C23H22N6O4S/c1-27-20-19(22(31)28(2)23(27)32)29(13-25-20)11-5-8-18(30)24-12-14-9-10-16(33-14)21-26-15-6-3-4-7-17(15)34-21/h3-4,6-7,9-10,13H,5,8,11-12H2,1-2H3,(H,24,30). The van der Waals surface area contributed by atoms with Crippen LogP contribution in [0.15, 0.2) is 56.7 Å². The summed E-state index contributed by atoms with van der Waals surface area (Å²) < 4.78 is 11.0. The molecule has 4 heterocycles. The number of carbonyl (C=O) groups is 1. The predicted molar refractivity (Wildman–Crippen MR) is 129 cm³/mol. The largest absolute Gasteiger partial charge is 0.457 e. The second-order valence-corrected chi connectivity index (χ2v) is 8.98. The van der Waals surface area contributed by atoms with Gasteiger partial charge in [0.15, 0.2) is 21.9 Å². The van der Waals surface area contributed by atoms with Crippen LogP contribution in [0.25, 0.3) is 32.1 Å². The summed E-state index contributed by atoms with van der Waals surface area (Å²) in [5.41, 5.74) is 0.787. The average Bonchev–Trinajstić information content (AvgIpc) is 3.58. The Bertz CT molecular complexity index is 1600. The van der Waals surface area contributed by atoms with Gasteiger partial charge in [0.1, 0.15) is 5.76 Å². The van der Waals surface area contributed by atoms with Crippen molar-refractivity contribution < 1.29 is 9.21 Å². The summed E-state index contributed by atoms with van der Waals surface area (Å²) in [5.74, 6) is 1.20. The Labute approximate surface area is 197 Å². The smallest absolute Gasteiger partial charge is 0.332 e. The van der Waals surface area contributed by atoms with Gasteiger partial charge in [0.2, 0.25) is 5.91 Å². The third-order valence-corrected chi connectivity index (χ3v) is 6.70. The molecule has 0 unspecified atom stereocenters. The summed E-state index contributed by atoms with van der Waals surface area (Å²) in [4.78, 5) is 45.6. The van der Waals surface area contributed by atoms with Crippen LogP contribution in [-0.2, 0) is 32.0 Å². The van der Waals surface area contributed by atoms with Gasteiger partial charge in [0.25, 0.3) is 5.56 Å². The number of fused-ring (bicyclic) bond motifs is 2. The first-order valence-corrected chi connectivity index (χ1v) is 11.6. The highest BCUT2D eigenvalue weighted by molar-refractivity contribution is 7.21. The fourth-order valence-corrected chi connectivity index (χ4v) is 4.74. The molecule has 0 bridgehead atoms. The van der Waals surface area contributed by atoms with Crippen molar-refractivity contribution in [2.24, 2.45) is 14.1 Å². The van der Waals surface area contributed by atoms with E-state index in [1.807, 2.05) is 36.4 Å². The van der Waals surface area contributed by atoms with Crippen LogP contribution in [0.4, 0.5) is 0 Å². The van der Waals surface area contributed by atoms with E-state index >= 15 is 0 Å². The number of aryl methyl sites for hydroxylation is 2. The Balaban J connectivity index is 1.17. The van der Waals surface area contributed by atoms with Gasteiger partial charge < -0.3 is 14.3 Å². The highest BCUT2D eigenvalue weighted by Gasteiger charge is 2.15. The minimum absolute atomic E-state index is 0.123. The summed E-state index contributed by atoms with van der Waals surface area (Å²) in [6, 6.07) is 11.6. The average molecular weight is 479 g/mol. The lowest BCUT2D eigenvalue weighted by Crippen LogP contribution is -2.37. The van der Waals surface area contributed by atoms with Crippen LogP contribution in [0.3, 0.4) is 0 Å². The van der Waals surface area contributed by atoms with Gasteiger partial charge in [-0.3, -0.25) is 18.7 Å². The Morgan fingerprint density at radius 1 is 1.12 bits per heavy atom.